The molecule has 2 heterocycles. The van der Waals surface area contributed by atoms with Crippen molar-refractivity contribution in [3.05, 3.63) is 34.1 Å². The van der Waals surface area contributed by atoms with Crippen molar-refractivity contribution in [3.63, 3.8) is 0 Å². The van der Waals surface area contributed by atoms with Crippen molar-refractivity contribution in [2.45, 2.75) is 26.7 Å². The van der Waals surface area contributed by atoms with E-state index in [4.69, 9.17) is 11.6 Å². The first kappa shape index (κ1) is 11.6. The molecule has 0 atom stereocenters. The first-order valence-corrected chi connectivity index (χ1v) is 6.54. The summed E-state index contributed by atoms with van der Waals surface area (Å²) in [6.45, 7) is 4.20. The Hall–Kier alpha value is -0.930. The highest BCUT2D eigenvalue weighted by Crippen LogP contribution is 2.28. The Morgan fingerprint density at radius 3 is 2.81 bits per heavy atom. The summed E-state index contributed by atoms with van der Waals surface area (Å²) in [5.74, 6) is 0.831. The van der Waals surface area contributed by atoms with Crippen LogP contribution in [0.15, 0.2) is 17.5 Å². The summed E-state index contributed by atoms with van der Waals surface area (Å²) in [6.07, 6.45) is 1.90. The molecule has 0 unspecified atom stereocenters. The molecule has 16 heavy (non-hydrogen) atoms. The van der Waals surface area contributed by atoms with Crippen LogP contribution in [0.3, 0.4) is 0 Å². The number of aryl methyl sites for hydroxylation is 2. The fourth-order valence-electron chi connectivity index (χ4n) is 1.55. The maximum Gasteiger partial charge on any atom is 0.133 e. The molecule has 0 N–H and O–H groups in total. The van der Waals surface area contributed by atoms with E-state index in [9.17, 15) is 0 Å². The molecule has 2 nitrogen and oxygen atoms in total. The van der Waals surface area contributed by atoms with Crippen LogP contribution in [-0.2, 0) is 6.42 Å². The third kappa shape index (κ3) is 2.42. The molecular formula is C12H13ClN2S. The van der Waals surface area contributed by atoms with Gasteiger partial charge < -0.3 is 0 Å². The van der Waals surface area contributed by atoms with Gasteiger partial charge in [-0.3, -0.25) is 0 Å². The highest BCUT2D eigenvalue weighted by Gasteiger charge is 2.08. The van der Waals surface area contributed by atoms with Gasteiger partial charge in [0.1, 0.15) is 11.0 Å². The fraction of sp³-hybridized carbons (Fsp3) is 0.333. The summed E-state index contributed by atoms with van der Waals surface area (Å²) < 4.78 is 0. The van der Waals surface area contributed by atoms with Crippen LogP contribution < -0.4 is 0 Å². The van der Waals surface area contributed by atoms with Crippen LogP contribution in [-0.4, -0.2) is 9.97 Å². The average molecular weight is 253 g/mol. The molecule has 0 amide bonds. The van der Waals surface area contributed by atoms with Gasteiger partial charge in [0.2, 0.25) is 0 Å². The standard InChI is InChI=1S/C12H13ClN2S/c1-3-4-11-14-9(7-10(13)15-11)12-8(2)5-6-16-12/h5-7H,3-4H2,1-2H3. The lowest BCUT2D eigenvalue weighted by atomic mass is 10.2. The third-order valence-corrected chi connectivity index (χ3v) is 3.54. The minimum absolute atomic E-state index is 0.529. The van der Waals surface area contributed by atoms with Crippen LogP contribution in [0, 0.1) is 6.92 Å². The summed E-state index contributed by atoms with van der Waals surface area (Å²) in [5, 5.41) is 2.60. The number of hydrogen-bond acceptors (Lipinski definition) is 3. The lowest BCUT2D eigenvalue weighted by Gasteiger charge is -2.03. The number of aromatic nitrogens is 2. The van der Waals surface area contributed by atoms with E-state index >= 15 is 0 Å². The van der Waals surface area contributed by atoms with Gasteiger partial charge in [-0.1, -0.05) is 18.5 Å². The van der Waals surface area contributed by atoms with Crippen molar-refractivity contribution in [2.75, 3.05) is 0 Å². The summed E-state index contributed by atoms with van der Waals surface area (Å²) >= 11 is 7.70. The SMILES string of the molecule is CCCc1nc(Cl)cc(-c2sccc2C)n1. The summed E-state index contributed by atoms with van der Waals surface area (Å²) in [6, 6.07) is 3.93. The topological polar surface area (TPSA) is 25.8 Å². The molecule has 4 heteroatoms. The summed E-state index contributed by atoms with van der Waals surface area (Å²) in [4.78, 5) is 9.95. The predicted octanol–water partition coefficient (Wildman–Crippen LogP) is 4.12. The lowest BCUT2D eigenvalue weighted by molar-refractivity contribution is 0.837. The van der Waals surface area contributed by atoms with Gasteiger partial charge in [-0.15, -0.1) is 11.3 Å². The number of halogens is 1. The van der Waals surface area contributed by atoms with E-state index in [2.05, 4.69) is 35.3 Å². The lowest BCUT2D eigenvalue weighted by Crippen LogP contribution is -1.96. The highest BCUT2D eigenvalue weighted by molar-refractivity contribution is 7.13. The number of hydrogen-bond donors (Lipinski definition) is 0. The zero-order chi connectivity index (χ0) is 11.5. The molecule has 0 aromatic carbocycles. The average Bonchev–Trinajstić information content (AvgIpc) is 2.64. The van der Waals surface area contributed by atoms with Gasteiger partial charge >= 0.3 is 0 Å². The molecule has 2 aromatic rings. The first-order chi connectivity index (χ1) is 7.70. The second-order valence-electron chi connectivity index (χ2n) is 3.67. The van der Waals surface area contributed by atoms with Crippen molar-refractivity contribution in [3.8, 4) is 10.6 Å². The molecule has 0 aliphatic carbocycles. The van der Waals surface area contributed by atoms with Crippen molar-refractivity contribution < 1.29 is 0 Å². The van der Waals surface area contributed by atoms with Gasteiger partial charge in [0.25, 0.3) is 0 Å². The Labute approximate surface area is 104 Å². The van der Waals surface area contributed by atoms with Crippen molar-refractivity contribution >= 4 is 22.9 Å². The van der Waals surface area contributed by atoms with Gasteiger partial charge in [0.15, 0.2) is 0 Å². The van der Waals surface area contributed by atoms with Crippen LogP contribution in [0.4, 0.5) is 0 Å². The molecule has 0 bridgehead atoms. The van der Waals surface area contributed by atoms with Crippen molar-refractivity contribution in [1.82, 2.24) is 9.97 Å². The van der Waals surface area contributed by atoms with Crippen LogP contribution >= 0.6 is 22.9 Å². The number of nitrogens with zero attached hydrogens (tertiary/aromatic N) is 2. The maximum atomic E-state index is 6.01. The Kier molecular flexibility index (Phi) is 3.56. The molecule has 0 saturated heterocycles. The Morgan fingerprint density at radius 2 is 2.19 bits per heavy atom. The fourth-order valence-corrected chi connectivity index (χ4v) is 2.64. The second-order valence-corrected chi connectivity index (χ2v) is 4.98. The quantitative estimate of drug-likeness (QED) is 0.768. The van der Waals surface area contributed by atoms with E-state index in [1.165, 1.54) is 10.4 Å². The molecule has 2 rings (SSSR count). The molecule has 2 aromatic heterocycles. The minimum atomic E-state index is 0.529. The Balaban J connectivity index is 2.45. The molecule has 0 spiro atoms. The van der Waals surface area contributed by atoms with Gasteiger partial charge in [0, 0.05) is 12.5 Å². The van der Waals surface area contributed by atoms with Gasteiger partial charge in [-0.25, -0.2) is 9.97 Å². The van der Waals surface area contributed by atoms with E-state index in [0.717, 1.165) is 24.4 Å². The maximum absolute atomic E-state index is 6.01. The summed E-state index contributed by atoms with van der Waals surface area (Å²) in [5.41, 5.74) is 2.18. The Morgan fingerprint density at radius 1 is 1.38 bits per heavy atom. The molecule has 0 saturated carbocycles. The van der Waals surface area contributed by atoms with E-state index in [0.29, 0.717) is 5.15 Å². The molecule has 0 aliphatic heterocycles. The van der Waals surface area contributed by atoms with Crippen molar-refractivity contribution in [2.24, 2.45) is 0 Å². The van der Waals surface area contributed by atoms with Crippen LogP contribution in [0.2, 0.25) is 5.15 Å². The zero-order valence-corrected chi connectivity index (χ0v) is 10.9. The number of rotatable bonds is 3. The largest absolute Gasteiger partial charge is 0.232 e. The van der Waals surface area contributed by atoms with Crippen molar-refractivity contribution in [1.29, 1.82) is 0 Å². The third-order valence-electron chi connectivity index (χ3n) is 2.31. The normalized spacial score (nSPS) is 10.7. The molecule has 0 aliphatic rings. The van der Waals surface area contributed by atoms with Crippen LogP contribution in [0.25, 0.3) is 10.6 Å². The molecular weight excluding hydrogens is 240 g/mol. The van der Waals surface area contributed by atoms with E-state index in [-0.39, 0.29) is 0 Å². The Bertz CT molecular complexity index is 494. The zero-order valence-electron chi connectivity index (χ0n) is 9.33. The van der Waals surface area contributed by atoms with Gasteiger partial charge in [0.05, 0.1) is 10.6 Å². The second kappa shape index (κ2) is 4.93. The predicted molar refractivity (Wildman–Crippen MR) is 69.1 cm³/mol. The van der Waals surface area contributed by atoms with Gasteiger partial charge in [-0.05, 0) is 30.4 Å². The van der Waals surface area contributed by atoms with E-state index in [1.54, 1.807) is 11.3 Å². The smallest absolute Gasteiger partial charge is 0.133 e. The minimum Gasteiger partial charge on any atom is -0.232 e. The number of thiophene rings is 1. The monoisotopic (exact) mass is 252 g/mol. The molecule has 84 valence electrons. The molecule has 0 radical (unpaired) electrons. The molecule has 0 fully saturated rings. The van der Waals surface area contributed by atoms with Gasteiger partial charge in [-0.2, -0.15) is 0 Å². The summed E-state index contributed by atoms with van der Waals surface area (Å²) in [7, 11) is 0. The van der Waals surface area contributed by atoms with E-state index in [1.807, 2.05) is 6.07 Å². The van der Waals surface area contributed by atoms with E-state index < -0.39 is 0 Å². The van der Waals surface area contributed by atoms with Crippen LogP contribution in [0.5, 0.6) is 0 Å². The highest BCUT2D eigenvalue weighted by atomic mass is 35.5. The van der Waals surface area contributed by atoms with Crippen LogP contribution in [0.1, 0.15) is 24.7 Å². The first-order valence-electron chi connectivity index (χ1n) is 5.28.